The average molecular weight is 649 g/mol. The molecule has 0 aliphatic carbocycles. The summed E-state index contributed by atoms with van der Waals surface area (Å²) >= 11 is 4.67. The van der Waals surface area contributed by atoms with Crippen molar-refractivity contribution in [1.29, 1.82) is 0 Å². The van der Waals surface area contributed by atoms with E-state index in [1.54, 1.807) is 19.4 Å². The van der Waals surface area contributed by atoms with Crippen LogP contribution in [-0.2, 0) is 11.3 Å². The molecule has 0 unspecified atom stereocenters. The van der Waals surface area contributed by atoms with Crippen LogP contribution in [0.3, 0.4) is 0 Å². The SMILES string of the molecule is COc1ccccc1/C=C/C=N/NC(=O)CCn1c2ccc(I)cc2c2cc(I)ccc21. The van der Waals surface area contributed by atoms with Gasteiger partial charge in [-0.05, 0) is 99.8 Å². The zero-order valence-electron chi connectivity index (χ0n) is 17.4. The molecule has 1 aromatic heterocycles. The number of allylic oxidation sites excluding steroid dienone is 1. The van der Waals surface area contributed by atoms with Crippen molar-refractivity contribution in [3.05, 3.63) is 79.4 Å². The number of hydrogen-bond acceptors (Lipinski definition) is 3. The first-order chi connectivity index (χ1) is 15.6. The summed E-state index contributed by atoms with van der Waals surface area (Å²) in [5.74, 6) is 0.662. The molecule has 32 heavy (non-hydrogen) atoms. The number of hydrazone groups is 1. The van der Waals surface area contributed by atoms with Gasteiger partial charge in [-0.25, -0.2) is 5.43 Å². The minimum atomic E-state index is -0.127. The molecule has 7 heteroatoms. The molecule has 0 aliphatic rings. The molecule has 0 aliphatic heterocycles. The van der Waals surface area contributed by atoms with Crippen LogP contribution in [-0.4, -0.2) is 23.8 Å². The second kappa shape index (κ2) is 10.5. The Morgan fingerprint density at radius 3 is 2.34 bits per heavy atom. The molecule has 4 aromatic rings. The smallest absolute Gasteiger partial charge is 0.241 e. The summed E-state index contributed by atoms with van der Waals surface area (Å²) in [6.07, 6.45) is 5.56. The van der Waals surface area contributed by atoms with Crippen LogP contribution >= 0.6 is 45.2 Å². The molecule has 0 saturated heterocycles. The number of nitrogens with zero attached hydrogens (tertiary/aromatic N) is 2. The lowest BCUT2D eigenvalue weighted by molar-refractivity contribution is -0.121. The number of hydrogen-bond donors (Lipinski definition) is 1. The van der Waals surface area contributed by atoms with Gasteiger partial charge < -0.3 is 9.30 Å². The standard InChI is InChI=1S/C25H21I2N3O2/c1-32-24-7-3-2-5-17(24)6-4-13-28-29-25(31)12-14-30-22-10-8-18(26)15-20(22)21-16-19(27)9-11-23(21)30/h2-11,13,15-16H,12,14H2,1H3,(H,29,31)/b6-4+,28-13+. The summed E-state index contributed by atoms with van der Waals surface area (Å²) in [6, 6.07) is 20.6. The number of para-hydroxylation sites is 1. The van der Waals surface area contributed by atoms with Crippen molar-refractivity contribution in [3.8, 4) is 5.75 Å². The van der Waals surface area contributed by atoms with Crippen LogP contribution in [0.2, 0.25) is 0 Å². The summed E-state index contributed by atoms with van der Waals surface area (Å²) in [4.78, 5) is 12.4. The third-order valence-corrected chi connectivity index (χ3v) is 6.46. The van der Waals surface area contributed by atoms with Gasteiger partial charge in [0.2, 0.25) is 5.91 Å². The minimum Gasteiger partial charge on any atom is -0.496 e. The number of carbonyl (C=O) groups is 1. The van der Waals surface area contributed by atoms with E-state index in [1.165, 1.54) is 17.9 Å². The van der Waals surface area contributed by atoms with Crippen LogP contribution in [0, 0.1) is 7.14 Å². The maximum atomic E-state index is 12.4. The lowest BCUT2D eigenvalue weighted by Gasteiger charge is -2.07. The number of rotatable bonds is 7. The molecular weight excluding hydrogens is 628 g/mol. The molecule has 0 fully saturated rings. The van der Waals surface area contributed by atoms with Crippen LogP contribution in [0.4, 0.5) is 0 Å². The third-order valence-electron chi connectivity index (χ3n) is 5.12. The second-order valence-electron chi connectivity index (χ2n) is 7.14. The van der Waals surface area contributed by atoms with Gasteiger partial charge in [-0.2, -0.15) is 5.10 Å². The van der Waals surface area contributed by atoms with Crippen molar-refractivity contribution < 1.29 is 9.53 Å². The molecule has 4 rings (SSSR count). The summed E-state index contributed by atoms with van der Waals surface area (Å²) in [5, 5.41) is 6.45. The van der Waals surface area contributed by atoms with Gasteiger partial charge >= 0.3 is 0 Å². The molecule has 162 valence electrons. The van der Waals surface area contributed by atoms with Crippen molar-refractivity contribution >= 4 is 85.2 Å². The first kappa shape index (κ1) is 22.8. The number of amides is 1. The van der Waals surface area contributed by atoms with Crippen molar-refractivity contribution in [2.24, 2.45) is 5.10 Å². The van der Waals surface area contributed by atoms with Crippen LogP contribution in [0.25, 0.3) is 27.9 Å². The fourth-order valence-corrected chi connectivity index (χ4v) is 4.64. The monoisotopic (exact) mass is 649 g/mol. The number of methoxy groups -OCH3 is 1. The summed E-state index contributed by atoms with van der Waals surface area (Å²) < 4.78 is 9.91. The van der Waals surface area contributed by atoms with Gasteiger partial charge in [0.05, 0.1) is 7.11 Å². The number of nitrogens with one attached hydrogen (secondary N) is 1. The maximum Gasteiger partial charge on any atom is 0.241 e. The van der Waals surface area contributed by atoms with Crippen LogP contribution in [0.15, 0.2) is 71.8 Å². The zero-order chi connectivity index (χ0) is 22.5. The Hall–Kier alpha value is -2.40. The molecule has 0 atom stereocenters. The highest BCUT2D eigenvalue weighted by atomic mass is 127. The topological polar surface area (TPSA) is 55.6 Å². The van der Waals surface area contributed by atoms with E-state index in [1.807, 2.05) is 30.3 Å². The van der Waals surface area contributed by atoms with Gasteiger partial charge in [0.1, 0.15) is 5.75 Å². The van der Waals surface area contributed by atoms with Gasteiger partial charge in [-0.1, -0.05) is 18.2 Å². The minimum absolute atomic E-state index is 0.127. The van der Waals surface area contributed by atoms with E-state index in [2.05, 4.69) is 96.7 Å². The second-order valence-corrected chi connectivity index (χ2v) is 9.63. The average Bonchev–Trinajstić information content (AvgIpc) is 3.09. The van der Waals surface area contributed by atoms with E-state index in [0.717, 1.165) is 22.3 Å². The first-order valence-corrected chi connectivity index (χ1v) is 12.2. The van der Waals surface area contributed by atoms with Crippen LogP contribution in [0.1, 0.15) is 12.0 Å². The van der Waals surface area contributed by atoms with E-state index >= 15 is 0 Å². The first-order valence-electron chi connectivity index (χ1n) is 10.1. The number of aromatic nitrogens is 1. The maximum absolute atomic E-state index is 12.4. The summed E-state index contributed by atoms with van der Waals surface area (Å²) in [5.41, 5.74) is 5.83. The van der Waals surface area contributed by atoms with Gasteiger partial charge in [-0.15, -0.1) is 0 Å². The molecule has 1 heterocycles. The largest absolute Gasteiger partial charge is 0.496 e. The third kappa shape index (κ3) is 5.15. The van der Waals surface area contributed by atoms with Gasteiger partial charge in [0, 0.05) is 53.7 Å². The molecular formula is C25H21I2N3O2. The predicted octanol–water partition coefficient (Wildman–Crippen LogP) is 6.22. The van der Waals surface area contributed by atoms with Crippen molar-refractivity contribution in [1.82, 2.24) is 9.99 Å². The van der Waals surface area contributed by atoms with Crippen molar-refractivity contribution in [2.75, 3.05) is 7.11 Å². The lowest BCUT2D eigenvalue weighted by atomic mass is 10.2. The fraction of sp³-hybridized carbons (Fsp3) is 0.120. The number of ether oxygens (including phenoxy) is 1. The molecule has 0 spiro atoms. The normalized spacial score (nSPS) is 11.7. The zero-order valence-corrected chi connectivity index (χ0v) is 21.7. The molecule has 0 radical (unpaired) electrons. The quantitative estimate of drug-likeness (QED) is 0.147. The highest BCUT2D eigenvalue weighted by molar-refractivity contribution is 14.1. The van der Waals surface area contributed by atoms with Gasteiger partial charge in [0.15, 0.2) is 0 Å². The Morgan fingerprint density at radius 2 is 1.69 bits per heavy atom. The fourth-order valence-electron chi connectivity index (χ4n) is 3.66. The van der Waals surface area contributed by atoms with Gasteiger partial charge in [0.25, 0.3) is 0 Å². The Bertz CT molecular complexity index is 1280. The Balaban J connectivity index is 1.43. The molecule has 1 N–H and O–H groups in total. The number of benzene rings is 3. The summed E-state index contributed by atoms with van der Waals surface area (Å²) in [6.45, 7) is 0.583. The summed E-state index contributed by atoms with van der Waals surface area (Å²) in [7, 11) is 1.64. The van der Waals surface area contributed by atoms with Crippen molar-refractivity contribution in [2.45, 2.75) is 13.0 Å². The molecule has 5 nitrogen and oxygen atoms in total. The van der Waals surface area contributed by atoms with E-state index in [4.69, 9.17) is 4.74 Å². The van der Waals surface area contributed by atoms with Gasteiger partial charge in [-0.3, -0.25) is 4.79 Å². The number of fused-ring (bicyclic) bond motifs is 3. The predicted molar refractivity (Wildman–Crippen MR) is 148 cm³/mol. The Kier molecular flexibility index (Phi) is 7.46. The van der Waals surface area contributed by atoms with Crippen LogP contribution in [0.5, 0.6) is 5.75 Å². The van der Waals surface area contributed by atoms with E-state index in [-0.39, 0.29) is 5.91 Å². The van der Waals surface area contributed by atoms with E-state index in [0.29, 0.717) is 13.0 Å². The number of carbonyl (C=O) groups excluding carboxylic acids is 1. The molecule has 3 aromatic carbocycles. The van der Waals surface area contributed by atoms with Crippen LogP contribution < -0.4 is 10.2 Å². The molecule has 0 saturated carbocycles. The Morgan fingerprint density at radius 1 is 1.03 bits per heavy atom. The number of aryl methyl sites for hydroxylation is 1. The highest BCUT2D eigenvalue weighted by Crippen LogP contribution is 2.31. The lowest BCUT2D eigenvalue weighted by Crippen LogP contribution is -2.19. The van der Waals surface area contributed by atoms with Crippen molar-refractivity contribution in [3.63, 3.8) is 0 Å². The molecule has 0 bridgehead atoms. The molecule has 1 amide bonds. The number of halogens is 2. The van der Waals surface area contributed by atoms with E-state index < -0.39 is 0 Å². The van der Waals surface area contributed by atoms with E-state index in [9.17, 15) is 4.79 Å². The highest BCUT2D eigenvalue weighted by Gasteiger charge is 2.12. The Labute approximate surface area is 213 Å².